The topological polar surface area (TPSA) is 84.5 Å². The molecule has 1 aromatic heterocycles. The maximum atomic E-state index is 13.0. The molecule has 1 amide bonds. The summed E-state index contributed by atoms with van der Waals surface area (Å²) in [6.45, 7) is 0.899. The summed E-state index contributed by atoms with van der Waals surface area (Å²) in [5.41, 5.74) is 0.862. The van der Waals surface area contributed by atoms with E-state index in [1.54, 1.807) is 61.6 Å². The van der Waals surface area contributed by atoms with Crippen LogP contribution in [0.25, 0.3) is 10.9 Å². The lowest BCUT2D eigenvalue weighted by atomic mass is 10.2. The van der Waals surface area contributed by atoms with Crippen molar-refractivity contribution in [3.63, 3.8) is 0 Å². The van der Waals surface area contributed by atoms with Crippen molar-refractivity contribution in [2.45, 2.75) is 6.54 Å². The molecule has 0 saturated heterocycles. The number of aromatic amines is 1. The summed E-state index contributed by atoms with van der Waals surface area (Å²) in [5.74, 6) is 0.831. The SMILES string of the molecule is COCCN(Cc1nc2ccccc2c(=O)[nH]1)C(=O)c1cccc(OC)c1. The predicted octanol–water partition coefficient (Wildman–Crippen LogP) is 2.22. The molecule has 1 N–H and O–H groups in total. The number of benzene rings is 2. The zero-order valence-electron chi connectivity index (χ0n) is 15.3. The number of methoxy groups -OCH3 is 2. The summed E-state index contributed by atoms with van der Waals surface area (Å²) in [7, 11) is 3.13. The highest BCUT2D eigenvalue weighted by molar-refractivity contribution is 5.94. The third-order valence-corrected chi connectivity index (χ3v) is 4.17. The second-order valence-corrected chi connectivity index (χ2v) is 5.98. The summed E-state index contributed by atoms with van der Waals surface area (Å²) >= 11 is 0. The van der Waals surface area contributed by atoms with Crippen molar-refractivity contribution < 1.29 is 14.3 Å². The Morgan fingerprint density at radius 1 is 1.15 bits per heavy atom. The average Bonchev–Trinajstić information content (AvgIpc) is 2.70. The molecule has 3 rings (SSSR count). The number of hydrogen-bond acceptors (Lipinski definition) is 5. The van der Waals surface area contributed by atoms with Crippen LogP contribution in [-0.4, -0.2) is 48.1 Å². The van der Waals surface area contributed by atoms with Gasteiger partial charge in [0, 0.05) is 19.2 Å². The highest BCUT2D eigenvalue weighted by Crippen LogP contribution is 2.16. The number of nitrogens with zero attached hydrogens (tertiary/aromatic N) is 2. The normalized spacial score (nSPS) is 10.7. The third kappa shape index (κ3) is 4.32. The molecule has 0 atom stereocenters. The molecule has 1 heterocycles. The van der Waals surface area contributed by atoms with Gasteiger partial charge in [0.05, 0.1) is 31.2 Å². The Morgan fingerprint density at radius 3 is 2.74 bits per heavy atom. The zero-order valence-corrected chi connectivity index (χ0v) is 15.3. The van der Waals surface area contributed by atoms with Crippen LogP contribution < -0.4 is 10.3 Å². The van der Waals surface area contributed by atoms with Crippen LogP contribution in [0.4, 0.5) is 0 Å². The van der Waals surface area contributed by atoms with E-state index in [0.717, 1.165) is 0 Å². The predicted molar refractivity (Wildman–Crippen MR) is 102 cm³/mol. The fourth-order valence-corrected chi connectivity index (χ4v) is 2.78. The van der Waals surface area contributed by atoms with Crippen molar-refractivity contribution in [3.8, 4) is 5.75 Å². The lowest BCUT2D eigenvalue weighted by Gasteiger charge is -2.22. The zero-order chi connectivity index (χ0) is 19.2. The second-order valence-electron chi connectivity index (χ2n) is 5.98. The van der Waals surface area contributed by atoms with E-state index in [2.05, 4.69) is 9.97 Å². The van der Waals surface area contributed by atoms with E-state index < -0.39 is 0 Å². The van der Waals surface area contributed by atoms with Crippen molar-refractivity contribution in [2.75, 3.05) is 27.4 Å². The van der Waals surface area contributed by atoms with Crippen LogP contribution in [0.3, 0.4) is 0 Å². The maximum Gasteiger partial charge on any atom is 0.258 e. The first-order valence-corrected chi connectivity index (χ1v) is 8.52. The minimum atomic E-state index is -0.226. The molecule has 7 nitrogen and oxygen atoms in total. The number of para-hydroxylation sites is 1. The molecule has 27 heavy (non-hydrogen) atoms. The van der Waals surface area contributed by atoms with E-state index in [1.165, 1.54) is 0 Å². The second kappa shape index (κ2) is 8.46. The number of carbonyl (C=O) groups is 1. The van der Waals surface area contributed by atoms with Gasteiger partial charge in [0.15, 0.2) is 0 Å². The van der Waals surface area contributed by atoms with Gasteiger partial charge in [-0.2, -0.15) is 0 Å². The van der Waals surface area contributed by atoms with Crippen LogP contribution in [-0.2, 0) is 11.3 Å². The van der Waals surface area contributed by atoms with Gasteiger partial charge in [-0.1, -0.05) is 18.2 Å². The summed E-state index contributed by atoms with van der Waals surface area (Å²) in [5, 5.41) is 0.517. The van der Waals surface area contributed by atoms with Gasteiger partial charge in [0.2, 0.25) is 0 Å². The number of rotatable bonds is 7. The number of ether oxygens (including phenoxy) is 2. The monoisotopic (exact) mass is 367 g/mol. The Kier molecular flexibility index (Phi) is 5.83. The van der Waals surface area contributed by atoms with Gasteiger partial charge >= 0.3 is 0 Å². The first-order valence-electron chi connectivity index (χ1n) is 8.52. The summed E-state index contributed by atoms with van der Waals surface area (Å²) in [6, 6.07) is 14.0. The number of aromatic nitrogens is 2. The molecule has 0 aliphatic heterocycles. The van der Waals surface area contributed by atoms with Gasteiger partial charge in [0.1, 0.15) is 11.6 Å². The van der Waals surface area contributed by atoms with E-state index in [0.29, 0.717) is 41.2 Å². The highest BCUT2D eigenvalue weighted by Gasteiger charge is 2.18. The smallest absolute Gasteiger partial charge is 0.258 e. The minimum absolute atomic E-state index is 0.166. The molecule has 0 unspecified atom stereocenters. The molecule has 140 valence electrons. The largest absolute Gasteiger partial charge is 0.497 e. The molecule has 0 bridgehead atoms. The molecule has 2 aromatic carbocycles. The first kappa shape index (κ1) is 18.6. The molecule has 0 saturated carbocycles. The van der Waals surface area contributed by atoms with Crippen LogP contribution >= 0.6 is 0 Å². The lowest BCUT2D eigenvalue weighted by Crippen LogP contribution is -2.34. The Labute approximate surface area is 156 Å². The van der Waals surface area contributed by atoms with E-state index >= 15 is 0 Å². The molecule has 0 aliphatic carbocycles. The van der Waals surface area contributed by atoms with Gasteiger partial charge < -0.3 is 19.4 Å². The summed E-state index contributed by atoms with van der Waals surface area (Å²) in [4.78, 5) is 34.1. The van der Waals surface area contributed by atoms with Crippen molar-refractivity contribution >= 4 is 16.8 Å². The lowest BCUT2D eigenvalue weighted by molar-refractivity contribution is 0.0675. The summed E-state index contributed by atoms with van der Waals surface area (Å²) in [6.07, 6.45) is 0. The van der Waals surface area contributed by atoms with Crippen LogP contribution in [0.2, 0.25) is 0 Å². The van der Waals surface area contributed by atoms with Gasteiger partial charge in [0.25, 0.3) is 11.5 Å². The van der Waals surface area contributed by atoms with Gasteiger partial charge in [-0.3, -0.25) is 9.59 Å². The molecule has 0 spiro atoms. The summed E-state index contributed by atoms with van der Waals surface area (Å²) < 4.78 is 10.3. The molecule has 3 aromatic rings. The maximum absolute atomic E-state index is 13.0. The van der Waals surface area contributed by atoms with Gasteiger partial charge in [-0.25, -0.2) is 4.98 Å². The minimum Gasteiger partial charge on any atom is -0.497 e. The van der Waals surface area contributed by atoms with Crippen molar-refractivity contribution in [2.24, 2.45) is 0 Å². The van der Waals surface area contributed by atoms with Crippen LogP contribution in [0, 0.1) is 0 Å². The number of H-pyrrole nitrogens is 1. The first-order chi connectivity index (χ1) is 13.1. The number of hydrogen-bond donors (Lipinski definition) is 1. The Bertz CT molecular complexity index is 1000. The molecule has 7 heteroatoms. The number of carbonyl (C=O) groups excluding carboxylic acids is 1. The molecular formula is C20H21N3O4. The van der Waals surface area contributed by atoms with Crippen molar-refractivity contribution in [3.05, 3.63) is 70.3 Å². The van der Waals surface area contributed by atoms with Gasteiger partial charge in [-0.05, 0) is 30.3 Å². The molecule has 0 fully saturated rings. The fourth-order valence-electron chi connectivity index (χ4n) is 2.78. The van der Waals surface area contributed by atoms with E-state index in [9.17, 15) is 9.59 Å². The molecular weight excluding hydrogens is 346 g/mol. The van der Waals surface area contributed by atoms with Crippen LogP contribution in [0.5, 0.6) is 5.75 Å². The van der Waals surface area contributed by atoms with E-state index in [4.69, 9.17) is 9.47 Å². The molecule has 0 radical (unpaired) electrons. The number of fused-ring (bicyclic) bond motifs is 1. The van der Waals surface area contributed by atoms with Crippen LogP contribution in [0.1, 0.15) is 16.2 Å². The quantitative estimate of drug-likeness (QED) is 0.692. The third-order valence-electron chi connectivity index (χ3n) is 4.17. The standard InChI is InChI=1S/C20H21N3O4/c1-26-11-10-23(20(25)14-6-5-7-15(12-14)27-2)13-18-21-17-9-4-3-8-16(17)19(24)22-18/h3-9,12H,10-11,13H2,1-2H3,(H,21,22,24). The Hall–Kier alpha value is -3.19. The van der Waals surface area contributed by atoms with Crippen molar-refractivity contribution in [1.82, 2.24) is 14.9 Å². The average molecular weight is 367 g/mol. The fraction of sp³-hybridized carbons (Fsp3) is 0.250. The van der Waals surface area contributed by atoms with E-state index in [1.807, 2.05) is 6.07 Å². The number of nitrogens with one attached hydrogen (secondary N) is 1. The van der Waals surface area contributed by atoms with E-state index in [-0.39, 0.29) is 18.0 Å². The van der Waals surface area contributed by atoms with Gasteiger partial charge in [-0.15, -0.1) is 0 Å². The highest BCUT2D eigenvalue weighted by atomic mass is 16.5. The Morgan fingerprint density at radius 2 is 1.96 bits per heavy atom. The van der Waals surface area contributed by atoms with Crippen molar-refractivity contribution in [1.29, 1.82) is 0 Å². The molecule has 0 aliphatic rings. The van der Waals surface area contributed by atoms with Crippen LogP contribution in [0.15, 0.2) is 53.3 Å². The number of amides is 1. The Balaban J connectivity index is 1.90.